The summed E-state index contributed by atoms with van der Waals surface area (Å²) in [5.41, 5.74) is 1.99. The van der Waals surface area contributed by atoms with E-state index in [0.717, 1.165) is 45.6 Å². The molecule has 7 heteroatoms. The summed E-state index contributed by atoms with van der Waals surface area (Å²) < 4.78 is 0. The molecule has 1 N–H and O–H groups in total. The number of thiazole rings is 1. The third-order valence-electron chi connectivity index (χ3n) is 4.40. The second-order valence-electron chi connectivity index (χ2n) is 6.84. The van der Waals surface area contributed by atoms with Gasteiger partial charge < -0.3 is 10.2 Å². The third-order valence-corrected chi connectivity index (χ3v) is 5.41. The SMILES string of the molecule is Cc1ccnc(Nc2cccc(-c3cnc(CN(C)C(=O)C4CC4)s3)n2)c1. The molecule has 3 aromatic rings. The fourth-order valence-electron chi connectivity index (χ4n) is 2.80. The van der Waals surface area contributed by atoms with Gasteiger partial charge in [-0.2, -0.15) is 0 Å². The normalized spacial score (nSPS) is 13.4. The summed E-state index contributed by atoms with van der Waals surface area (Å²) in [5, 5.41) is 4.16. The van der Waals surface area contributed by atoms with Crippen LogP contribution in [0.5, 0.6) is 0 Å². The Labute approximate surface area is 162 Å². The van der Waals surface area contributed by atoms with Crippen LogP contribution < -0.4 is 5.32 Å². The molecule has 27 heavy (non-hydrogen) atoms. The average Bonchev–Trinajstić information content (AvgIpc) is 3.40. The van der Waals surface area contributed by atoms with Gasteiger partial charge in [-0.3, -0.25) is 4.79 Å². The van der Waals surface area contributed by atoms with E-state index in [2.05, 4.69) is 20.3 Å². The summed E-state index contributed by atoms with van der Waals surface area (Å²) in [6.45, 7) is 2.58. The van der Waals surface area contributed by atoms with E-state index in [0.29, 0.717) is 6.54 Å². The third kappa shape index (κ3) is 4.31. The first-order chi connectivity index (χ1) is 13.1. The van der Waals surface area contributed by atoms with Gasteiger partial charge in [0.1, 0.15) is 16.6 Å². The molecular weight excluding hydrogens is 358 g/mol. The summed E-state index contributed by atoms with van der Waals surface area (Å²) in [4.78, 5) is 28.3. The topological polar surface area (TPSA) is 71.0 Å². The number of pyridine rings is 2. The van der Waals surface area contributed by atoms with Gasteiger partial charge in [0.2, 0.25) is 5.91 Å². The molecular formula is C20H21N5OS. The molecule has 1 amide bonds. The number of amides is 1. The van der Waals surface area contributed by atoms with Crippen LogP contribution in [0.2, 0.25) is 0 Å². The molecule has 1 fully saturated rings. The van der Waals surface area contributed by atoms with Crippen molar-refractivity contribution in [3.63, 3.8) is 0 Å². The Morgan fingerprint density at radius 2 is 2.11 bits per heavy atom. The Morgan fingerprint density at radius 3 is 2.89 bits per heavy atom. The zero-order chi connectivity index (χ0) is 18.8. The molecule has 0 saturated heterocycles. The quantitative estimate of drug-likeness (QED) is 0.700. The molecule has 0 radical (unpaired) electrons. The Kier molecular flexibility index (Phi) is 4.85. The lowest BCUT2D eigenvalue weighted by molar-refractivity contribution is -0.131. The predicted molar refractivity (Wildman–Crippen MR) is 107 cm³/mol. The number of hydrogen-bond donors (Lipinski definition) is 1. The van der Waals surface area contributed by atoms with Gasteiger partial charge in [0.15, 0.2) is 0 Å². The van der Waals surface area contributed by atoms with E-state index in [1.165, 1.54) is 0 Å². The van der Waals surface area contributed by atoms with Gasteiger partial charge >= 0.3 is 0 Å². The standard InChI is InChI=1S/C20H21N5OS/c1-13-8-9-21-18(10-13)24-17-5-3-4-15(23-17)16-11-22-19(27-16)12-25(2)20(26)14-6-7-14/h3-5,8-11,14H,6-7,12H2,1-2H3,(H,21,23,24). The predicted octanol–water partition coefficient (Wildman–Crippen LogP) is 4.02. The largest absolute Gasteiger partial charge is 0.339 e. The van der Waals surface area contributed by atoms with E-state index in [4.69, 9.17) is 0 Å². The van der Waals surface area contributed by atoms with Crippen LogP contribution in [-0.2, 0) is 11.3 Å². The lowest BCUT2D eigenvalue weighted by Crippen LogP contribution is -2.27. The smallest absolute Gasteiger partial charge is 0.225 e. The second-order valence-corrected chi connectivity index (χ2v) is 7.95. The Bertz CT molecular complexity index is 966. The van der Waals surface area contributed by atoms with Crippen molar-refractivity contribution in [1.29, 1.82) is 0 Å². The maximum absolute atomic E-state index is 12.1. The number of carbonyl (C=O) groups is 1. The average molecular weight is 379 g/mol. The zero-order valence-electron chi connectivity index (χ0n) is 15.3. The molecule has 3 heterocycles. The number of nitrogens with one attached hydrogen (secondary N) is 1. The van der Waals surface area contributed by atoms with Crippen LogP contribution in [0.15, 0.2) is 42.7 Å². The number of nitrogens with zero attached hydrogens (tertiary/aromatic N) is 4. The van der Waals surface area contributed by atoms with E-state index in [1.807, 2.05) is 50.5 Å². The summed E-state index contributed by atoms with van der Waals surface area (Å²) in [5.74, 6) is 1.96. The molecule has 1 aliphatic carbocycles. The molecule has 0 spiro atoms. The van der Waals surface area contributed by atoms with E-state index in [1.54, 1.807) is 22.4 Å². The van der Waals surface area contributed by atoms with Gasteiger partial charge in [-0.25, -0.2) is 15.0 Å². The molecule has 0 bridgehead atoms. The van der Waals surface area contributed by atoms with Gasteiger partial charge in [-0.15, -0.1) is 11.3 Å². The van der Waals surface area contributed by atoms with Crippen LogP contribution in [0.4, 0.5) is 11.6 Å². The number of rotatable bonds is 6. The van der Waals surface area contributed by atoms with E-state index < -0.39 is 0 Å². The fourth-order valence-corrected chi connectivity index (χ4v) is 3.74. The summed E-state index contributed by atoms with van der Waals surface area (Å²) in [6.07, 6.45) is 5.64. The van der Waals surface area contributed by atoms with Gasteiger partial charge in [0.05, 0.1) is 17.1 Å². The van der Waals surface area contributed by atoms with Crippen molar-refractivity contribution < 1.29 is 4.79 Å². The molecule has 0 atom stereocenters. The van der Waals surface area contributed by atoms with Crippen molar-refractivity contribution in [3.8, 4) is 10.6 Å². The van der Waals surface area contributed by atoms with Gasteiger partial charge in [-0.05, 0) is 49.6 Å². The van der Waals surface area contributed by atoms with Crippen LogP contribution in [0, 0.1) is 12.8 Å². The first-order valence-corrected chi connectivity index (χ1v) is 9.77. The molecule has 1 aliphatic rings. The number of carbonyl (C=O) groups excluding carboxylic acids is 1. The van der Waals surface area contributed by atoms with Crippen LogP contribution in [-0.4, -0.2) is 32.8 Å². The van der Waals surface area contributed by atoms with Crippen LogP contribution in [0.3, 0.4) is 0 Å². The second kappa shape index (κ2) is 7.44. The molecule has 3 aromatic heterocycles. The van der Waals surface area contributed by atoms with Crippen LogP contribution in [0.25, 0.3) is 10.6 Å². The Morgan fingerprint density at radius 1 is 1.26 bits per heavy atom. The number of aryl methyl sites for hydroxylation is 1. The fraction of sp³-hybridized carbons (Fsp3) is 0.300. The highest BCUT2D eigenvalue weighted by Gasteiger charge is 2.32. The van der Waals surface area contributed by atoms with Gasteiger partial charge in [0.25, 0.3) is 0 Å². The lowest BCUT2D eigenvalue weighted by Gasteiger charge is -2.14. The monoisotopic (exact) mass is 379 g/mol. The lowest BCUT2D eigenvalue weighted by atomic mass is 10.3. The maximum Gasteiger partial charge on any atom is 0.225 e. The van der Waals surface area contributed by atoms with Crippen molar-refractivity contribution in [2.45, 2.75) is 26.3 Å². The minimum absolute atomic E-state index is 0.224. The Hall–Kier alpha value is -2.80. The van der Waals surface area contributed by atoms with Crippen LogP contribution in [0.1, 0.15) is 23.4 Å². The first kappa shape index (κ1) is 17.6. The number of aromatic nitrogens is 3. The molecule has 0 aromatic carbocycles. The van der Waals surface area contributed by atoms with Crippen molar-refractivity contribution in [3.05, 3.63) is 53.3 Å². The van der Waals surface area contributed by atoms with Crippen molar-refractivity contribution in [2.75, 3.05) is 12.4 Å². The molecule has 1 saturated carbocycles. The maximum atomic E-state index is 12.1. The molecule has 0 aliphatic heterocycles. The van der Waals surface area contributed by atoms with Crippen molar-refractivity contribution in [2.24, 2.45) is 5.92 Å². The summed E-state index contributed by atoms with van der Waals surface area (Å²) >= 11 is 1.57. The number of hydrogen-bond acceptors (Lipinski definition) is 6. The number of anilines is 2. The highest BCUT2D eigenvalue weighted by Crippen LogP contribution is 2.32. The molecule has 138 valence electrons. The van der Waals surface area contributed by atoms with Crippen molar-refractivity contribution in [1.82, 2.24) is 19.9 Å². The first-order valence-electron chi connectivity index (χ1n) is 8.95. The molecule has 0 unspecified atom stereocenters. The highest BCUT2D eigenvalue weighted by molar-refractivity contribution is 7.15. The Balaban J connectivity index is 1.47. The van der Waals surface area contributed by atoms with Crippen molar-refractivity contribution >= 4 is 28.9 Å². The van der Waals surface area contributed by atoms with E-state index in [9.17, 15) is 4.79 Å². The minimum atomic E-state index is 0.224. The van der Waals surface area contributed by atoms with Gasteiger partial charge in [-0.1, -0.05) is 6.07 Å². The zero-order valence-corrected chi connectivity index (χ0v) is 16.2. The minimum Gasteiger partial charge on any atom is -0.339 e. The van der Waals surface area contributed by atoms with Crippen LogP contribution >= 0.6 is 11.3 Å². The van der Waals surface area contributed by atoms with Gasteiger partial charge in [0, 0.05) is 25.4 Å². The highest BCUT2D eigenvalue weighted by atomic mass is 32.1. The summed E-state index contributed by atoms with van der Waals surface area (Å²) in [6, 6.07) is 9.77. The summed E-state index contributed by atoms with van der Waals surface area (Å²) in [7, 11) is 1.85. The molecule has 6 nitrogen and oxygen atoms in total. The molecule has 4 rings (SSSR count). The van der Waals surface area contributed by atoms with E-state index in [-0.39, 0.29) is 11.8 Å². The van der Waals surface area contributed by atoms with E-state index >= 15 is 0 Å².